The van der Waals surface area contributed by atoms with Crippen LogP contribution >= 0.6 is 0 Å². The molecule has 18 heavy (non-hydrogen) atoms. The Hall–Kier alpha value is -2.10. The zero-order chi connectivity index (χ0) is 12.5. The summed E-state index contributed by atoms with van der Waals surface area (Å²) in [7, 11) is 0. The molecule has 1 heterocycles. The minimum atomic E-state index is 0.00506. The Balaban J connectivity index is 1.79. The van der Waals surface area contributed by atoms with E-state index in [9.17, 15) is 4.79 Å². The zero-order valence-electron chi connectivity index (χ0n) is 10.1. The topological polar surface area (TPSA) is 54.6 Å². The van der Waals surface area contributed by atoms with Crippen LogP contribution in [0.3, 0.4) is 0 Å². The third-order valence-electron chi connectivity index (χ3n) is 3.06. The molecule has 2 aromatic rings. The number of rotatable bonds is 3. The lowest BCUT2D eigenvalue weighted by Crippen LogP contribution is -2.20. The number of amides is 1. The number of carbonyl (C=O) groups excluding carboxylic acids is 1. The average Bonchev–Trinajstić information content (AvgIpc) is 3.14. The zero-order valence-corrected chi connectivity index (χ0v) is 10.1. The number of nitrogens with zero attached hydrogens (tertiary/aromatic N) is 1. The fourth-order valence-electron chi connectivity index (χ4n) is 1.79. The molecule has 1 aromatic carbocycles. The first-order chi connectivity index (χ1) is 8.74. The third kappa shape index (κ3) is 2.14. The number of hydrazone groups is 1. The lowest BCUT2D eigenvalue weighted by Gasteiger charge is -1.98. The van der Waals surface area contributed by atoms with Gasteiger partial charge in [-0.15, -0.1) is 0 Å². The molecule has 0 aliphatic heterocycles. The van der Waals surface area contributed by atoms with Crippen LogP contribution in [0.15, 0.2) is 39.9 Å². The second kappa shape index (κ2) is 4.29. The Labute approximate surface area is 105 Å². The Morgan fingerprint density at radius 2 is 2.17 bits per heavy atom. The highest BCUT2D eigenvalue weighted by Gasteiger charge is 2.29. The van der Waals surface area contributed by atoms with Crippen LogP contribution in [0.1, 0.15) is 25.5 Å². The van der Waals surface area contributed by atoms with Crippen molar-refractivity contribution in [3.05, 3.63) is 36.1 Å². The highest BCUT2D eigenvalue weighted by atomic mass is 16.3. The van der Waals surface area contributed by atoms with Gasteiger partial charge >= 0.3 is 0 Å². The van der Waals surface area contributed by atoms with Crippen LogP contribution in [0.25, 0.3) is 11.0 Å². The molecule has 1 fully saturated rings. The number of hydrogen-bond acceptors (Lipinski definition) is 3. The van der Waals surface area contributed by atoms with E-state index in [1.165, 1.54) is 0 Å². The summed E-state index contributed by atoms with van der Waals surface area (Å²) in [4.78, 5) is 11.5. The fraction of sp³-hybridized carbons (Fsp3) is 0.286. The summed E-state index contributed by atoms with van der Waals surface area (Å²) < 4.78 is 5.66. The van der Waals surface area contributed by atoms with Crippen LogP contribution in [0.2, 0.25) is 0 Å². The van der Waals surface area contributed by atoms with E-state index in [-0.39, 0.29) is 11.8 Å². The maximum absolute atomic E-state index is 11.5. The number of para-hydroxylation sites is 1. The number of nitrogens with one attached hydrogen (secondary N) is 1. The van der Waals surface area contributed by atoms with E-state index >= 15 is 0 Å². The number of benzene rings is 1. The molecule has 0 saturated heterocycles. The van der Waals surface area contributed by atoms with Crippen LogP contribution in [0.5, 0.6) is 0 Å². The second-order valence-electron chi connectivity index (χ2n) is 4.60. The van der Waals surface area contributed by atoms with E-state index in [1.807, 2.05) is 37.3 Å². The molecule has 0 radical (unpaired) electrons. The van der Waals surface area contributed by atoms with Crippen molar-refractivity contribution in [2.24, 2.45) is 11.0 Å². The molecule has 4 heteroatoms. The van der Waals surface area contributed by atoms with Crippen molar-refractivity contribution in [3.63, 3.8) is 0 Å². The number of hydrogen-bond donors (Lipinski definition) is 1. The van der Waals surface area contributed by atoms with Crippen molar-refractivity contribution in [3.8, 4) is 0 Å². The second-order valence-corrected chi connectivity index (χ2v) is 4.60. The third-order valence-corrected chi connectivity index (χ3v) is 3.06. The highest BCUT2D eigenvalue weighted by molar-refractivity contribution is 6.00. The summed E-state index contributed by atoms with van der Waals surface area (Å²) in [6, 6.07) is 9.71. The molecule has 0 spiro atoms. The van der Waals surface area contributed by atoms with Gasteiger partial charge in [-0.05, 0) is 31.9 Å². The Kier molecular flexibility index (Phi) is 2.63. The van der Waals surface area contributed by atoms with Gasteiger partial charge in [0.1, 0.15) is 11.3 Å². The van der Waals surface area contributed by atoms with Crippen LogP contribution in [0.4, 0.5) is 0 Å². The van der Waals surface area contributed by atoms with Gasteiger partial charge in [0.2, 0.25) is 5.91 Å². The van der Waals surface area contributed by atoms with Gasteiger partial charge in [-0.1, -0.05) is 18.2 Å². The molecule has 0 unspecified atom stereocenters. The molecule has 1 N–H and O–H groups in total. The largest absolute Gasteiger partial charge is 0.455 e. The maximum atomic E-state index is 11.5. The number of carbonyl (C=O) groups is 1. The van der Waals surface area contributed by atoms with Crippen molar-refractivity contribution >= 4 is 22.6 Å². The SMILES string of the molecule is CC(=NNC(=O)C1CC1)c1cc2ccccc2o1. The first-order valence-corrected chi connectivity index (χ1v) is 6.07. The normalized spacial score (nSPS) is 15.9. The van der Waals surface area contributed by atoms with Gasteiger partial charge in [0, 0.05) is 11.3 Å². The molecule has 0 atom stereocenters. The van der Waals surface area contributed by atoms with Crippen molar-refractivity contribution in [2.75, 3.05) is 0 Å². The summed E-state index contributed by atoms with van der Waals surface area (Å²) >= 11 is 0. The summed E-state index contributed by atoms with van der Waals surface area (Å²) in [5, 5.41) is 5.11. The van der Waals surface area contributed by atoms with Gasteiger partial charge in [0.25, 0.3) is 0 Å². The summed E-state index contributed by atoms with van der Waals surface area (Å²) in [6.45, 7) is 1.82. The standard InChI is InChI=1S/C14H14N2O2/c1-9(15-16-14(17)10-6-7-10)13-8-11-4-2-3-5-12(11)18-13/h2-5,8,10H,6-7H2,1H3,(H,16,17). The van der Waals surface area contributed by atoms with Crippen LogP contribution < -0.4 is 5.43 Å². The minimum Gasteiger partial charge on any atom is -0.455 e. The molecular formula is C14H14N2O2. The van der Waals surface area contributed by atoms with Crippen molar-refractivity contribution in [2.45, 2.75) is 19.8 Å². The van der Waals surface area contributed by atoms with Gasteiger partial charge in [-0.3, -0.25) is 4.79 Å². The highest BCUT2D eigenvalue weighted by Crippen LogP contribution is 2.28. The van der Waals surface area contributed by atoms with Crippen molar-refractivity contribution < 1.29 is 9.21 Å². The molecule has 1 aromatic heterocycles. The maximum Gasteiger partial charge on any atom is 0.243 e. The van der Waals surface area contributed by atoms with Crippen molar-refractivity contribution in [1.82, 2.24) is 5.43 Å². The number of furan rings is 1. The molecule has 4 nitrogen and oxygen atoms in total. The van der Waals surface area contributed by atoms with E-state index < -0.39 is 0 Å². The predicted molar refractivity (Wildman–Crippen MR) is 69.3 cm³/mol. The first-order valence-electron chi connectivity index (χ1n) is 6.07. The van der Waals surface area contributed by atoms with E-state index in [0.717, 1.165) is 23.8 Å². The molecule has 1 saturated carbocycles. The van der Waals surface area contributed by atoms with Crippen LogP contribution in [-0.4, -0.2) is 11.6 Å². The van der Waals surface area contributed by atoms with Gasteiger partial charge in [-0.2, -0.15) is 5.10 Å². The molecule has 1 aliphatic carbocycles. The molecule has 3 rings (SSSR count). The first kappa shape index (κ1) is 11.0. The Morgan fingerprint density at radius 3 is 2.89 bits per heavy atom. The van der Waals surface area contributed by atoms with Crippen LogP contribution in [0, 0.1) is 5.92 Å². The lowest BCUT2D eigenvalue weighted by molar-refractivity contribution is -0.122. The molecule has 1 aliphatic rings. The van der Waals surface area contributed by atoms with E-state index in [4.69, 9.17) is 4.42 Å². The van der Waals surface area contributed by atoms with Gasteiger partial charge < -0.3 is 4.42 Å². The van der Waals surface area contributed by atoms with Crippen LogP contribution in [-0.2, 0) is 4.79 Å². The molecule has 92 valence electrons. The average molecular weight is 242 g/mol. The van der Waals surface area contributed by atoms with Crippen molar-refractivity contribution in [1.29, 1.82) is 0 Å². The monoisotopic (exact) mass is 242 g/mol. The summed E-state index contributed by atoms with van der Waals surface area (Å²) in [6.07, 6.45) is 1.95. The lowest BCUT2D eigenvalue weighted by atomic mass is 10.2. The molecule has 0 bridgehead atoms. The van der Waals surface area contributed by atoms with E-state index in [1.54, 1.807) is 0 Å². The van der Waals surface area contributed by atoms with E-state index in [0.29, 0.717) is 11.5 Å². The summed E-state index contributed by atoms with van der Waals surface area (Å²) in [5.74, 6) is 0.856. The molecular weight excluding hydrogens is 228 g/mol. The van der Waals surface area contributed by atoms with Gasteiger partial charge in [0.05, 0.1) is 0 Å². The smallest absolute Gasteiger partial charge is 0.243 e. The number of fused-ring (bicyclic) bond motifs is 1. The fourth-order valence-corrected chi connectivity index (χ4v) is 1.79. The van der Waals surface area contributed by atoms with Gasteiger partial charge in [-0.25, -0.2) is 5.43 Å². The predicted octanol–water partition coefficient (Wildman–Crippen LogP) is 2.68. The molecule has 1 amide bonds. The van der Waals surface area contributed by atoms with E-state index in [2.05, 4.69) is 10.5 Å². The Bertz CT molecular complexity index is 591. The quantitative estimate of drug-likeness (QED) is 0.664. The Morgan fingerprint density at radius 1 is 1.39 bits per heavy atom. The summed E-state index contributed by atoms with van der Waals surface area (Å²) in [5.41, 5.74) is 4.09. The van der Waals surface area contributed by atoms with Gasteiger partial charge in [0.15, 0.2) is 5.76 Å². The minimum absolute atomic E-state index is 0.00506.